The van der Waals surface area contributed by atoms with E-state index in [4.69, 9.17) is 11.6 Å². The molecule has 4 nitrogen and oxygen atoms in total. The van der Waals surface area contributed by atoms with Crippen LogP contribution in [-0.4, -0.2) is 28.9 Å². The number of anilines is 1. The summed E-state index contributed by atoms with van der Waals surface area (Å²) >= 11 is 9.02. The smallest absolute Gasteiger partial charge is 0.267 e. The highest BCUT2D eigenvalue weighted by atomic mass is 79.9. The molecule has 0 aliphatic heterocycles. The molecule has 0 amide bonds. The predicted molar refractivity (Wildman–Crippen MR) is 61.1 cm³/mol. The molecule has 1 N–H and O–H groups in total. The van der Waals surface area contributed by atoms with Gasteiger partial charge in [0.05, 0.1) is 6.33 Å². The van der Waals surface area contributed by atoms with Crippen LogP contribution in [0.4, 0.5) is 5.82 Å². The van der Waals surface area contributed by atoms with Crippen molar-refractivity contribution in [3.63, 3.8) is 0 Å². The van der Waals surface area contributed by atoms with Crippen LogP contribution in [0.1, 0.15) is 6.92 Å². The number of halogens is 2. The van der Waals surface area contributed by atoms with Crippen LogP contribution >= 0.6 is 27.5 Å². The number of hydrogen-bond donors (Lipinski definition) is 1. The second-order valence-corrected chi connectivity index (χ2v) is 4.57. The van der Waals surface area contributed by atoms with Gasteiger partial charge in [-0.1, -0.05) is 0 Å². The SMILES string of the molecule is CC(Cl)CN(C)c1nc[nH]c(=O)c1Br. The molecule has 1 rings (SSSR count). The number of aromatic nitrogens is 2. The molecule has 0 saturated heterocycles. The van der Waals surface area contributed by atoms with Crippen LogP contribution in [0.25, 0.3) is 0 Å². The molecule has 0 bridgehead atoms. The zero-order valence-corrected chi connectivity index (χ0v) is 10.3. The molecule has 0 aliphatic rings. The normalized spacial score (nSPS) is 12.6. The summed E-state index contributed by atoms with van der Waals surface area (Å²) in [5.74, 6) is 0.598. The van der Waals surface area contributed by atoms with Crippen LogP contribution in [0.5, 0.6) is 0 Å². The van der Waals surface area contributed by atoms with E-state index < -0.39 is 0 Å². The maximum Gasteiger partial charge on any atom is 0.267 e. The van der Waals surface area contributed by atoms with Crippen LogP contribution in [-0.2, 0) is 0 Å². The summed E-state index contributed by atoms with van der Waals surface area (Å²) in [7, 11) is 1.84. The Morgan fingerprint density at radius 2 is 2.43 bits per heavy atom. The molecule has 1 heterocycles. The Balaban J connectivity index is 2.95. The molecule has 0 aliphatic carbocycles. The Morgan fingerprint density at radius 1 is 1.79 bits per heavy atom. The van der Waals surface area contributed by atoms with Crippen LogP contribution in [0.2, 0.25) is 0 Å². The fourth-order valence-electron chi connectivity index (χ4n) is 1.10. The van der Waals surface area contributed by atoms with Gasteiger partial charge in [0, 0.05) is 19.0 Å². The Bertz CT molecular complexity index is 366. The van der Waals surface area contributed by atoms with Crippen LogP contribution in [0, 0.1) is 0 Å². The molecule has 0 spiro atoms. The van der Waals surface area contributed by atoms with Gasteiger partial charge in [-0.15, -0.1) is 11.6 Å². The number of hydrogen-bond acceptors (Lipinski definition) is 3. The highest BCUT2D eigenvalue weighted by molar-refractivity contribution is 9.10. The van der Waals surface area contributed by atoms with E-state index in [2.05, 4.69) is 25.9 Å². The Labute approximate surface area is 95.4 Å². The van der Waals surface area contributed by atoms with E-state index in [1.165, 1.54) is 6.33 Å². The maximum atomic E-state index is 11.2. The van der Waals surface area contributed by atoms with Gasteiger partial charge in [-0.05, 0) is 22.9 Å². The van der Waals surface area contributed by atoms with E-state index in [1.54, 1.807) is 0 Å². The van der Waals surface area contributed by atoms with E-state index in [1.807, 2.05) is 18.9 Å². The van der Waals surface area contributed by atoms with Gasteiger partial charge in [-0.25, -0.2) is 4.98 Å². The van der Waals surface area contributed by atoms with E-state index in [9.17, 15) is 4.79 Å². The molecule has 0 saturated carbocycles. The fraction of sp³-hybridized carbons (Fsp3) is 0.500. The zero-order valence-electron chi connectivity index (χ0n) is 7.92. The highest BCUT2D eigenvalue weighted by Crippen LogP contribution is 2.17. The number of alkyl halides is 1. The van der Waals surface area contributed by atoms with Crippen molar-refractivity contribution in [1.82, 2.24) is 9.97 Å². The van der Waals surface area contributed by atoms with Crippen molar-refractivity contribution in [2.75, 3.05) is 18.5 Å². The van der Waals surface area contributed by atoms with Gasteiger partial charge >= 0.3 is 0 Å². The van der Waals surface area contributed by atoms with Crippen molar-refractivity contribution in [2.45, 2.75) is 12.3 Å². The monoisotopic (exact) mass is 279 g/mol. The Hall–Kier alpha value is -0.550. The molecule has 1 atom stereocenters. The van der Waals surface area contributed by atoms with Crippen molar-refractivity contribution < 1.29 is 0 Å². The quantitative estimate of drug-likeness (QED) is 0.856. The molecule has 1 aromatic rings. The maximum absolute atomic E-state index is 11.2. The van der Waals surface area contributed by atoms with Crippen molar-refractivity contribution >= 4 is 33.3 Å². The lowest BCUT2D eigenvalue weighted by atomic mass is 10.4. The van der Waals surface area contributed by atoms with Crippen molar-refractivity contribution in [2.24, 2.45) is 0 Å². The predicted octanol–water partition coefficient (Wildman–Crippen LogP) is 1.60. The van der Waals surface area contributed by atoms with Gasteiger partial charge in [0.1, 0.15) is 10.3 Å². The van der Waals surface area contributed by atoms with Crippen LogP contribution in [0.15, 0.2) is 15.6 Å². The minimum atomic E-state index is -0.191. The summed E-state index contributed by atoms with van der Waals surface area (Å²) in [6, 6.07) is 0. The highest BCUT2D eigenvalue weighted by Gasteiger charge is 2.11. The lowest BCUT2D eigenvalue weighted by Gasteiger charge is -2.19. The van der Waals surface area contributed by atoms with E-state index in [0.29, 0.717) is 16.8 Å². The molecule has 6 heteroatoms. The summed E-state index contributed by atoms with van der Waals surface area (Å²) in [5, 5.41) is 0.00740. The Morgan fingerprint density at radius 3 is 3.00 bits per heavy atom. The average molecular weight is 281 g/mol. The van der Waals surface area contributed by atoms with Crippen molar-refractivity contribution in [3.05, 3.63) is 21.2 Å². The third kappa shape index (κ3) is 2.72. The van der Waals surface area contributed by atoms with E-state index in [0.717, 1.165) is 0 Å². The van der Waals surface area contributed by atoms with Crippen LogP contribution in [0.3, 0.4) is 0 Å². The standard InChI is InChI=1S/C8H11BrClN3O/c1-5(10)3-13(2)7-6(9)8(14)12-4-11-7/h4-5H,3H2,1-2H3,(H,11,12,14). The lowest BCUT2D eigenvalue weighted by molar-refractivity contribution is 0.835. The molecule has 0 radical (unpaired) electrons. The summed E-state index contributed by atoms with van der Waals surface area (Å²) in [4.78, 5) is 19.6. The molecule has 78 valence electrons. The van der Waals surface area contributed by atoms with Crippen molar-refractivity contribution in [3.8, 4) is 0 Å². The van der Waals surface area contributed by atoms with Gasteiger partial charge < -0.3 is 9.88 Å². The van der Waals surface area contributed by atoms with Gasteiger partial charge in [0.2, 0.25) is 0 Å². The molecule has 0 fully saturated rings. The van der Waals surface area contributed by atoms with Crippen LogP contribution < -0.4 is 10.5 Å². The number of nitrogens with zero attached hydrogens (tertiary/aromatic N) is 2. The topological polar surface area (TPSA) is 49.0 Å². The summed E-state index contributed by atoms with van der Waals surface area (Å²) in [6.45, 7) is 2.52. The summed E-state index contributed by atoms with van der Waals surface area (Å²) in [6.07, 6.45) is 1.37. The first-order valence-corrected chi connectivity index (χ1v) is 5.33. The van der Waals surface area contributed by atoms with Gasteiger partial charge in [0.25, 0.3) is 5.56 Å². The fourth-order valence-corrected chi connectivity index (χ4v) is 1.83. The van der Waals surface area contributed by atoms with Gasteiger partial charge in [0.15, 0.2) is 0 Å². The first kappa shape index (κ1) is 11.5. The molecule has 1 unspecified atom stereocenters. The lowest BCUT2D eigenvalue weighted by Crippen LogP contribution is -2.27. The summed E-state index contributed by atoms with van der Waals surface area (Å²) in [5.41, 5.74) is -0.191. The summed E-state index contributed by atoms with van der Waals surface area (Å²) < 4.78 is 0.430. The first-order valence-electron chi connectivity index (χ1n) is 4.10. The Kier molecular flexibility index (Phi) is 3.95. The van der Waals surface area contributed by atoms with Gasteiger partial charge in [-0.2, -0.15) is 0 Å². The largest absolute Gasteiger partial charge is 0.357 e. The number of H-pyrrole nitrogens is 1. The number of rotatable bonds is 3. The minimum absolute atomic E-state index is 0.00740. The molecular weight excluding hydrogens is 269 g/mol. The number of aromatic amines is 1. The average Bonchev–Trinajstić information content (AvgIpc) is 2.08. The zero-order chi connectivity index (χ0) is 10.7. The van der Waals surface area contributed by atoms with E-state index >= 15 is 0 Å². The van der Waals surface area contributed by atoms with E-state index in [-0.39, 0.29) is 10.9 Å². The third-order valence-corrected chi connectivity index (χ3v) is 2.52. The first-order chi connectivity index (χ1) is 6.52. The minimum Gasteiger partial charge on any atom is -0.357 e. The third-order valence-electron chi connectivity index (χ3n) is 1.67. The second-order valence-electron chi connectivity index (χ2n) is 3.03. The van der Waals surface area contributed by atoms with Crippen molar-refractivity contribution in [1.29, 1.82) is 0 Å². The second kappa shape index (κ2) is 4.79. The molecular formula is C8H11BrClN3O. The molecule has 1 aromatic heterocycles. The molecule has 14 heavy (non-hydrogen) atoms. The van der Waals surface area contributed by atoms with Gasteiger partial charge in [-0.3, -0.25) is 4.79 Å². The number of nitrogens with one attached hydrogen (secondary N) is 1. The molecule has 0 aromatic carbocycles.